The minimum atomic E-state index is -3.39. The van der Waals surface area contributed by atoms with Gasteiger partial charge in [0.05, 0.1) is 0 Å². The van der Waals surface area contributed by atoms with Crippen molar-refractivity contribution >= 4 is 7.94 Å². The van der Waals surface area contributed by atoms with Crippen molar-refractivity contribution in [3.63, 3.8) is 0 Å². The predicted molar refractivity (Wildman–Crippen MR) is 136 cm³/mol. The molecule has 0 amide bonds. The van der Waals surface area contributed by atoms with E-state index in [0.29, 0.717) is 12.8 Å². The van der Waals surface area contributed by atoms with E-state index in [9.17, 15) is 9.79 Å². The van der Waals surface area contributed by atoms with Gasteiger partial charge >= 0.3 is 170 Å². The van der Waals surface area contributed by atoms with Crippen LogP contribution in [0.3, 0.4) is 0 Å². The summed E-state index contributed by atoms with van der Waals surface area (Å²) in [5.41, 5.74) is 0. The van der Waals surface area contributed by atoms with Gasteiger partial charge in [-0.1, -0.05) is 20.3 Å². The van der Waals surface area contributed by atoms with Crippen molar-refractivity contribution in [3.05, 3.63) is 0 Å². The molecule has 0 unspecified atom stereocenters. The van der Waals surface area contributed by atoms with Gasteiger partial charge in [0.2, 0.25) is 0 Å². The second-order valence-electron chi connectivity index (χ2n) is 9.41. The van der Waals surface area contributed by atoms with Crippen molar-refractivity contribution in [2.45, 2.75) is 155 Å². The number of hydrogen-bond donors (Lipinski definition) is 2. The van der Waals surface area contributed by atoms with Crippen LogP contribution in [0.5, 0.6) is 0 Å². The summed E-state index contributed by atoms with van der Waals surface area (Å²) in [6.45, 7) is 5.05. The van der Waals surface area contributed by atoms with Gasteiger partial charge in [0, 0.05) is 0 Å². The summed E-state index contributed by atoms with van der Waals surface area (Å²) in [4.78, 5) is 20.2. The molecule has 0 aromatic carbocycles. The standard InChI is InChI=1S/C26H57O3P/c1-3-5-7-9-11-13-15-17-19-21-23-25-29-30(27,28)26-24-22-20-18-16-14-12-10-8-6-4-2/h27-28,30H,3-26H2,1-2H3. The Morgan fingerprint density at radius 2 is 0.733 bits per heavy atom. The molecule has 0 saturated heterocycles. The fourth-order valence-corrected chi connectivity index (χ4v) is 5.42. The minimum absolute atomic E-state index is 0.474. The van der Waals surface area contributed by atoms with Gasteiger partial charge < -0.3 is 0 Å². The van der Waals surface area contributed by atoms with Crippen molar-refractivity contribution in [2.75, 3.05) is 12.8 Å². The summed E-state index contributed by atoms with van der Waals surface area (Å²) < 4.78 is 5.45. The van der Waals surface area contributed by atoms with E-state index in [1.54, 1.807) is 0 Å². The zero-order chi connectivity index (χ0) is 22.2. The first-order chi connectivity index (χ1) is 14.6. The second kappa shape index (κ2) is 24.0. The fourth-order valence-electron chi connectivity index (χ4n) is 4.09. The first kappa shape index (κ1) is 30.3. The van der Waals surface area contributed by atoms with Crippen molar-refractivity contribution < 1.29 is 14.3 Å². The zero-order valence-corrected chi connectivity index (χ0v) is 21.8. The van der Waals surface area contributed by atoms with Crippen molar-refractivity contribution in [1.82, 2.24) is 0 Å². The minimum Gasteiger partial charge on any atom is -0.0654 e. The molecule has 0 aromatic heterocycles. The molecule has 2 N–H and O–H groups in total. The van der Waals surface area contributed by atoms with E-state index in [1.165, 1.54) is 116 Å². The Morgan fingerprint density at radius 3 is 1.10 bits per heavy atom. The average Bonchev–Trinajstić information content (AvgIpc) is 2.72. The molecule has 0 aliphatic rings. The Balaban J connectivity index is 3.29. The summed E-state index contributed by atoms with van der Waals surface area (Å²) >= 11 is 0. The van der Waals surface area contributed by atoms with Crippen LogP contribution in [0.1, 0.15) is 155 Å². The summed E-state index contributed by atoms with van der Waals surface area (Å²) in [6, 6.07) is 0. The van der Waals surface area contributed by atoms with Crippen LogP contribution in [0, 0.1) is 0 Å². The number of hydrogen-bond acceptors (Lipinski definition) is 3. The SMILES string of the molecule is CCCCCCCCCCCCCO[PH](O)(O)CCCCCCCCCCCCC. The van der Waals surface area contributed by atoms with Gasteiger partial charge in [-0.25, -0.2) is 0 Å². The molecule has 184 valence electrons. The Bertz CT molecular complexity index is 323. The third-order valence-electron chi connectivity index (χ3n) is 6.19. The van der Waals surface area contributed by atoms with Crippen LogP contribution in [0.4, 0.5) is 0 Å². The van der Waals surface area contributed by atoms with E-state index < -0.39 is 7.94 Å². The topological polar surface area (TPSA) is 49.7 Å². The molecule has 0 aliphatic heterocycles. The van der Waals surface area contributed by atoms with Gasteiger partial charge in [-0.05, 0) is 0 Å². The van der Waals surface area contributed by atoms with Crippen molar-refractivity contribution in [3.8, 4) is 0 Å². The molecular weight excluding hydrogens is 391 g/mol. The van der Waals surface area contributed by atoms with Crippen LogP contribution in [-0.4, -0.2) is 22.6 Å². The Morgan fingerprint density at radius 1 is 0.433 bits per heavy atom. The van der Waals surface area contributed by atoms with E-state index >= 15 is 0 Å². The smallest absolute Gasteiger partial charge is 0.0654 e. The molecule has 0 bridgehead atoms. The van der Waals surface area contributed by atoms with Crippen LogP contribution in [-0.2, 0) is 4.52 Å². The molecule has 0 heterocycles. The van der Waals surface area contributed by atoms with Crippen LogP contribution in [0.2, 0.25) is 0 Å². The molecular formula is C26H57O3P. The Labute approximate surface area is 190 Å². The molecule has 0 spiro atoms. The Kier molecular flexibility index (Phi) is 24.2. The molecule has 0 fully saturated rings. The normalized spacial score (nSPS) is 12.5. The number of rotatable bonds is 25. The van der Waals surface area contributed by atoms with E-state index in [-0.39, 0.29) is 0 Å². The van der Waals surface area contributed by atoms with Crippen molar-refractivity contribution in [2.24, 2.45) is 0 Å². The summed E-state index contributed by atoms with van der Waals surface area (Å²) in [5, 5.41) is 0. The molecule has 0 aromatic rings. The predicted octanol–water partition coefficient (Wildman–Crippen LogP) is 9.10. The molecule has 0 rings (SSSR count). The summed E-state index contributed by atoms with van der Waals surface area (Å²) in [7, 11) is -3.39. The second-order valence-corrected chi connectivity index (χ2v) is 11.7. The van der Waals surface area contributed by atoms with Gasteiger partial charge in [-0.2, -0.15) is 0 Å². The maximum atomic E-state index is 10.1. The number of unbranched alkanes of at least 4 members (excludes halogenated alkanes) is 20. The third kappa shape index (κ3) is 24.6. The van der Waals surface area contributed by atoms with Crippen LogP contribution in [0.25, 0.3) is 0 Å². The van der Waals surface area contributed by atoms with E-state index in [0.717, 1.165) is 25.7 Å². The molecule has 0 atom stereocenters. The molecule has 4 heteroatoms. The van der Waals surface area contributed by atoms with Crippen LogP contribution < -0.4 is 0 Å². The van der Waals surface area contributed by atoms with Gasteiger partial charge in [0.25, 0.3) is 0 Å². The monoisotopic (exact) mass is 448 g/mol. The molecule has 0 aliphatic carbocycles. The average molecular weight is 449 g/mol. The van der Waals surface area contributed by atoms with Crippen LogP contribution in [0.15, 0.2) is 0 Å². The third-order valence-corrected chi connectivity index (χ3v) is 7.86. The molecule has 0 saturated carbocycles. The maximum absolute atomic E-state index is 10.1. The molecule has 3 nitrogen and oxygen atoms in total. The first-order valence-corrected chi connectivity index (χ1v) is 15.7. The Hall–Kier alpha value is 0.310. The van der Waals surface area contributed by atoms with Gasteiger partial charge in [-0.15, -0.1) is 0 Å². The van der Waals surface area contributed by atoms with E-state index in [2.05, 4.69) is 13.8 Å². The van der Waals surface area contributed by atoms with Crippen LogP contribution >= 0.6 is 7.94 Å². The van der Waals surface area contributed by atoms with Crippen molar-refractivity contribution in [1.29, 1.82) is 0 Å². The van der Waals surface area contributed by atoms with Gasteiger partial charge in [0.15, 0.2) is 0 Å². The van der Waals surface area contributed by atoms with E-state index in [1.807, 2.05) is 0 Å². The molecule has 30 heavy (non-hydrogen) atoms. The summed E-state index contributed by atoms with van der Waals surface area (Å²) in [5.74, 6) is 0. The fraction of sp³-hybridized carbons (Fsp3) is 1.00. The zero-order valence-electron chi connectivity index (χ0n) is 20.8. The van der Waals surface area contributed by atoms with Gasteiger partial charge in [0.1, 0.15) is 0 Å². The quantitative estimate of drug-likeness (QED) is 0.108. The van der Waals surface area contributed by atoms with Gasteiger partial charge in [-0.3, -0.25) is 0 Å². The summed E-state index contributed by atoms with van der Waals surface area (Å²) in [6.07, 6.45) is 28.9. The first-order valence-electron chi connectivity index (χ1n) is 13.7. The van der Waals surface area contributed by atoms with E-state index in [4.69, 9.17) is 4.52 Å². The molecule has 0 radical (unpaired) electrons.